The number of esters is 3. The second-order valence-electron chi connectivity index (χ2n) is 5.50. The van der Waals surface area contributed by atoms with E-state index in [9.17, 15) is 24.3 Å². The number of amides is 1. The Balaban J connectivity index is 3.12. The molecule has 13 heteroatoms. The Hall–Kier alpha value is -2.89. The highest BCUT2D eigenvalue weighted by molar-refractivity contribution is 5.78. The van der Waals surface area contributed by atoms with E-state index in [0.717, 1.165) is 20.8 Å². The van der Waals surface area contributed by atoms with Gasteiger partial charge in [-0.3, -0.25) is 19.2 Å². The fourth-order valence-electron chi connectivity index (χ4n) is 2.40. The average molecular weight is 388 g/mol. The quantitative estimate of drug-likeness (QED) is 0.180. The lowest BCUT2D eigenvalue weighted by molar-refractivity contribution is -0.264. The molecule has 0 radical (unpaired) electrons. The zero-order valence-corrected chi connectivity index (χ0v) is 14.9. The lowest BCUT2D eigenvalue weighted by Gasteiger charge is -2.43. The molecule has 0 aliphatic carbocycles. The van der Waals surface area contributed by atoms with Gasteiger partial charge in [-0.25, -0.2) is 0 Å². The standard InChI is InChI=1S/C14H20N4O9/c1-6(19)24-5-9-12(25-7(2)20)13(26-8(3)21)11(14(23)27-9)17-10(22)4-16-18-15/h9,11-14,23H,4-5H2,1-3H3,(H,17,22)/t9?,11?,12-,13?,14-/m1/s1. The van der Waals surface area contributed by atoms with Gasteiger partial charge < -0.3 is 29.4 Å². The Bertz CT molecular complexity index is 634. The van der Waals surface area contributed by atoms with Crippen molar-refractivity contribution in [3.05, 3.63) is 10.4 Å². The van der Waals surface area contributed by atoms with Crippen LogP contribution >= 0.6 is 0 Å². The van der Waals surface area contributed by atoms with E-state index in [0.29, 0.717) is 0 Å². The summed E-state index contributed by atoms with van der Waals surface area (Å²) in [5.41, 5.74) is 8.26. The van der Waals surface area contributed by atoms with Crippen LogP contribution in [0, 0.1) is 0 Å². The second-order valence-corrected chi connectivity index (χ2v) is 5.50. The van der Waals surface area contributed by atoms with Gasteiger partial charge in [0.05, 0.1) is 0 Å². The van der Waals surface area contributed by atoms with Gasteiger partial charge in [0.15, 0.2) is 18.5 Å². The van der Waals surface area contributed by atoms with Crippen molar-refractivity contribution in [1.82, 2.24) is 5.32 Å². The van der Waals surface area contributed by atoms with Crippen LogP contribution in [0.1, 0.15) is 20.8 Å². The highest BCUT2D eigenvalue weighted by atomic mass is 16.7. The molecule has 0 aromatic heterocycles. The summed E-state index contributed by atoms with van der Waals surface area (Å²) < 4.78 is 20.3. The van der Waals surface area contributed by atoms with Crippen molar-refractivity contribution >= 4 is 23.8 Å². The van der Waals surface area contributed by atoms with Crippen LogP contribution in [-0.4, -0.2) is 72.7 Å². The van der Waals surface area contributed by atoms with E-state index in [-0.39, 0.29) is 0 Å². The van der Waals surface area contributed by atoms with Gasteiger partial charge in [0.1, 0.15) is 25.3 Å². The Morgan fingerprint density at radius 3 is 2.22 bits per heavy atom. The Kier molecular flexibility index (Phi) is 8.45. The maximum absolute atomic E-state index is 11.8. The monoisotopic (exact) mass is 388 g/mol. The SMILES string of the molecule is CC(=O)OCC1O[C@@H](O)C(NC(=O)CN=[N+]=[N-])C(OC(C)=O)[C@@H]1OC(C)=O. The van der Waals surface area contributed by atoms with Crippen LogP contribution < -0.4 is 5.32 Å². The number of nitrogens with one attached hydrogen (secondary N) is 1. The summed E-state index contributed by atoms with van der Waals surface area (Å²) in [4.78, 5) is 48.2. The molecule has 0 aromatic carbocycles. The molecule has 1 rings (SSSR count). The minimum Gasteiger partial charge on any atom is -0.463 e. The topological polar surface area (TPSA) is 186 Å². The molecule has 0 aromatic rings. The molecule has 13 nitrogen and oxygen atoms in total. The molecule has 0 spiro atoms. The molecule has 27 heavy (non-hydrogen) atoms. The van der Waals surface area contributed by atoms with Crippen LogP contribution in [0.5, 0.6) is 0 Å². The first-order valence-electron chi connectivity index (χ1n) is 7.77. The van der Waals surface area contributed by atoms with E-state index >= 15 is 0 Å². The van der Waals surface area contributed by atoms with Gasteiger partial charge in [-0.05, 0) is 5.53 Å². The highest BCUT2D eigenvalue weighted by Gasteiger charge is 2.50. The molecule has 1 aliphatic heterocycles. The maximum Gasteiger partial charge on any atom is 0.303 e. The van der Waals surface area contributed by atoms with Crippen LogP contribution in [-0.2, 0) is 38.1 Å². The highest BCUT2D eigenvalue weighted by Crippen LogP contribution is 2.26. The predicted molar refractivity (Wildman–Crippen MR) is 84.6 cm³/mol. The average Bonchev–Trinajstić information content (AvgIpc) is 2.56. The van der Waals surface area contributed by atoms with Crippen molar-refractivity contribution in [2.45, 2.75) is 51.4 Å². The summed E-state index contributed by atoms with van der Waals surface area (Å²) in [7, 11) is 0. The molecule has 5 atom stereocenters. The Morgan fingerprint density at radius 2 is 1.70 bits per heavy atom. The Morgan fingerprint density at radius 1 is 1.11 bits per heavy atom. The van der Waals surface area contributed by atoms with Gasteiger partial charge in [0.25, 0.3) is 0 Å². The van der Waals surface area contributed by atoms with Crippen molar-refractivity contribution in [3.8, 4) is 0 Å². The first kappa shape index (κ1) is 22.2. The van der Waals surface area contributed by atoms with Crippen molar-refractivity contribution in [2.75, 3.05) is 13.2 Å². The molecule has 3 unspecified atom stereocenters. The van der Waals surface area contributed by atoms with Crippen LogP contribution in [0.15, 0.2) is 5.11 Å². The zero-order valence-electron chi connectivity index (χ0n) is 14.9. The Labute approximate surface area is 153 Å². The zero-order chi connectivity index (χ0) is 20.6. The third-order valence-corrected chi connectivity index (χ3v) is 3.33. The van der Waals surface area contributed by atoms with Gasteiger partial charge in [0.2, 0.25) is 5.91 Å². The van der Waals surface area contributed by atoms with Gasteiger partial charge in [0, 0.05) is 25.7 Å². The number of hydrogen-bond donors (Lipinski definition) is 2. The minimum absolute atomic E-state index is 0.401. The number of ether oxygens (including phenoxy) is 4. The predicted octanol–water partition coefficient (Wildman–Crippen LogP) is -1.07. The molecule has 1 saturated heterocycles. The summed E-state index contributed by atoms with van der Waals surface area (Å²) in [5.74, 6) is -2.99. The third kappa shape index (κ3) is 7.09. The lowest BCUT2D eigenvalue weighted by atomic mass is 9.96. The van der Waals surface area contributed by atoms with E-state index in [1.54, 1.807) is 0 Å². The number of hydrogen-bond acceptors (Lipinski definition) is 10. The number of rotatable bonds is 7. The number of carbonyl (C=O) groups is 4. The molecular weight excluding hydrogens is 368 g/mol. The number of nitrogens with zero attached hydrogens (tertiary/aromatic N) is 3. The lowest BCUT2D eigenvalue weighted by Crippen LogP contribution is -2.66. The van der Waals surface area contributed by atoms with Crippen molar-refractivity contribution < 1.29 is 43.2 Å². The summed E-state index contributed by atoms with van der Waals surface area (Å²) in [5, 5.41) is 15.6. The molecule has 1 fully saturated rings. The summed E-state index contributed by atoms with van der Waals surface area (Å²) in [6, 6.07) is -1.34. The first-order chi connectivity index (χ1) is 12.6. The molecule has 1 amide bonds. The largest absolute Gasteiger partial charge is 0.463 e. The normalized spacial score (nSPS) is 26.9. The van der Waals surface area contributed by atoms with Gasteiger partial charge >= 0.3 is 17.9 Å². The summed E-state index contributed by atoms with van der Waals surface area (Å²) >= 11 is 0. The molecule has 2 N–H and O–H groups in total. The first-order valence-corrected chi connectivity index (χ1v) is 7.77. The molecule has 1 aliphatic rings. The van der Waals surface area contributed by atoms with Crippen molar-refractivity contribution in [2.24, 2.45) is 5.11 Å². The van der Waals surface area contributed by atoms with Gasteiger partial charge in [-0.1, -0.05) is 5.11 Å². The molecule has 0 bridgehead atoms. The molecular formula is C14H20N4O9. The van der Waals surface area contributed by atoms with Gasteiger partial charge in [-0.15, -0.1) is 0 Å². The fourth-order valence-corrected chi connectivity index (χ4v) is 2.40. The van der Waals surface area contributed by atoms with E-state index < -0.39 is 67.6 Å². The number of azide groups is 1. The van der Waals surface area contributed by atoms with E-state index in [2.05, 4.69) is 15.3 Å². The maximum atomic E-state index is 11.8. The number of aliphatic hydroxyl groups is 1. The van der Waals surface area contributed by atoms with Crippen molar-refractivity contribution in [3.63, 3.8) is 0 Å². The van der Waals surface area contributed by atoms with Crippen LogP contribution in [0.4, 0.5) is 0 Å². The van der Waals surface area contributed by atoms with Crippen LogP contribution in [0.25, 0.3) is 10.4 Å². The van der Waals surface area contributed by atoms with E-state index in [1.807, 2.05) is 0 Å². The summed E-state index contributed by atoms with van der Waals surface area (Å²) in [6.45, 7) is 2.33. The fraction of sp³-hybridized carbons (Fsp3) is 0.714. The number of aliphatic hydroxyl groups excluding tert-OH is 1. The van der Waals surface area contributed by atoms with E-state index in [4.69, 9.17) is 24.5 Å². The van der Waals surface area contributed by atoms with Gasteiger partial charge in [-0.2, -0.15) is 0 Å². The smallest absolute Gasteiger partial charge is 0.303 e. The minimum atomic E-state index is -1.70. The van der Waals surface area contributed by atoms with Crippen LogP contribution in [0.3, 0.4) is 0 Å². The van der Waals surface area contributed by atoms with Crippen molar-refractivity contribution in [1.29, 1.82) is 0 Å². The third-order valence-electron chi connectivity index (χ3n) is 3.33. The molecule has 0 saturated carbocycles. The molecule has 150 valence electrons. The second kappa shape index (κ2) is 10.3. The molecule has 1 heterocycles. The number of carbonyl (C=O) groups excluding carboxylic acids is 4. The van der Waals surface area contributed by atoms with Crippen LogP contribution in [0.2, 0.25) is 0 Å². The van der Waals surface area contributed by atoms with E-state index in [1.165, 1.54) is 0 Å². The summed E-state index contributed by atoms with van der Waals surface area (Å²) in [6.07, 6.45) is -5.51.